The third-order valence-electron chi connectivity index (χ3n) is 5.76. The Morgan fingerprint density at radius 1 is 1.35 bits per heavy atom. The maximum absolute atomic E-state index is 12.5. The molecule has 1 aromatic heterocycles. The molecule has 0 bridgehead atoms. The van der Waals surface area contributed by atoms with E-state index in [1.54, 1.807) is 0 Å². The van der Waals surface area contributed by atoms with E-state index in [2.05, 4.69) is 30.7 Å². The van der Waals surface area contributed by atoms with E-state index in [-0.39, 0.29) is 29.4 Å². The normalized spacial score (nSPS) is 28.5. The fourth-order valence-electron chi connectivity index (χ4n) is 4.03. The highest BCUT2D eigenvalue weighted by Crippen LogP contribution is 2.67. The van der Waals surface area contributed by atoms with Gasteiger partial charge in [0.05, 0.1) is 18.4 Å². The van der Waals surface area contributed by atoms with Gasteiger partial charge < -0.3 is 14.7 Å². The van der Waals surface area contributed by atoms with Crippen LogP contribution in [0.3, 0.4) is 0 Å². The van der Waals surface area contributed by atoms with Gasteiger partial charge in [-0.25, -0.2) is 14.8 Å². The molecule has 26 heavy (non-hydrogen) atoms. The number of alkyl halides is 3. The molecule has 0 aromatic carbocycles. The zero-order valence-electron chi connectivity index (χ0n) is 14.9. The summed E-state index contributed by atoms with van der Waals surface area (Å²) in [7, 11) is 0. The Kier molecular flexibility index (Phi) is 4.31. The molecule has 1 amide bonds. The molecule has 0 unspecified atom stereocenters. The van der Waals surface area contributed by atoms with Crippen LogP contribution in [0.15, 0.2) is 12.4 Å². The zero-order valence-corrected chi connectivity index (χ0v) is 14.9. The molecular formula is C17H22F3N3O3. The fourth-order valence-corrected chi connectivity index (χ4v) is 4.03. The minimum Gasteiger partial charge on any atom is -0.474 e. The summed E-state index contributed by atoms with van der Waals surface area (Å²) in [6.45, 7) is 6.87. The van der Waals surface area contributed by atoms with Crippen LogP contribution in [0.25, 0.3) is 0 Å². The average Bonchev–Trinajstić information content (AvgIpc) is 3.26. The predicted molar refractivity (Wildman–Crippen MR) is 85.7 cm³/mol. The highest BCUT2D eigenvalue weighted by Gasteiger charge is 2.65. The Hall–Kier alpha value is -2.06. The van der Waals surface area contributed by atoms with Gasteiger partial charge in [-0.15, -0.1) is 0 Å². The first-order valence-corrected chi connectivity index (χ1v) is 8.46. The highest BCUT2D eigenvalue weighted by molar-refractivity contribution is 5.66. The molecule has 1 saturated heterocycles. The van der Waals surface area contributed by atoms with Gasteiger partial charge in [-0.1, -0.05) is 20.8 Å². The smallest absolute Gasteiger partial charge is 0.434 e. The molecular weight excluding hydrogens is 351 g/mol. The van der Waals surface area contributed by atoms with Crippen LogP contribution in [0, 0.1) is 16.7 Å². The molecule has 144 valence electrons. The molecule has 1 saturated carbocycles. The molecule has 1 aliphatic carbocycles. The van der Waals surface area contributed by atoms with Gasteiger partial charge in [0, 0.05) is 6.54 Å². The van der Waals surface area contributed by atoms with Crippen LogP contribution in [0.5, 0.6) is 5.88 Å². The number of halogens is 3. The monoisotopic (exact) mass is 373 g/mol. The van der Waals surface area contributed by atoms with Gasteiger partial charge in [0.25, 0.3) is 0 Å². The van der Waals surface area contributed by atoms with E-state index in [1.807, 2.05) is 0 Å². The van der Waals surface area contributed by atoms with Gasteiger partial charge in [-0.05, 0) is 29.6 Å². The van der Waals surface area contributed by atoms with Crippen molar-refractivity contribution in [3.63, 3.8) is 0 Å². The lowest BCUT2D eigenvalue weighted by Gasteiger charge is -2.43. The van der Waals surface area contributed by atoms with Gasteiger partial charge >= 0.3 is 12.3 Å². The van der Waals surface area contributed by atoms with Gasteiger partial charge in [0.1, 0.15) is 6.61 Å². The average molecular weight is 373 g/mol. The van der Waals surface area contributed by atoms with Crippen LogP contribution >= 0.6 is 0 Å². The van der Waals surface area contributed by atoms with Crippen molar-refractivity contribution in [2.24, 2.45) is 16.7 Å². The summed E-state index contributed by atoms with van der Waals surface area (Å²) in [5, 5.41) is 9.57. The van der Waals surface area contributed by atoms with Crippen molar-refractivity contribution < 1.29 is 27.8 Å². The predicted octanol–water partition coefficient (Wildman–Crippen LogP) is 3.68. The van der Waals surface area contributed by atoms with E-state index in [0.29, 0.717) is 25.1 Å². The lowest BCUT2D eigenvalue weighted by Crippen LogP contribution is -2.52. The number of carbonyl (C=O) groups is 1. The van der Waals surface area contributed by atoms with Crippen LogP contribution in [-0.2, 0) is 6.18 Å². The number of likely N-dealkylation sites (tertiary alicyclic amines) is 1. The molecule has 0 spiro atoms. The first-order chi connectivity index (χ1) is 11.9. The van der Waals surface area contributed by atoms with E-state index in [9.17, 15) is 23.1 Å². The van der Waals surface area contributed by atoms with E-state index >= 15 is 0 Å². The van der Waals surface area contributed by atoms with Gasteiger partial charge in [-0.3, -0.25) is 0 Å². The lowest BCUT2D eigenvalue weighted by molar-refractivity contribution is -0.141. The van der Waals surface area contributed by atoms with Crippen LogP contribution < -0.4 is 4.74 Å². The Morgan fingerprint density at radius 2 is 2.04 bits per heavy atom. The number of hydrogen-bond acceptors (Lipinski definition) is 4. The topological polar surface area (TPSA) is 75.6 Å². The Balaban J connectivity index is 1.66. The molecule has 3 atom stereocenters. The van der Waals surface area contributed by atoms with Crippen molar-refractivity contribution in [2.45, 2.75) is 45.8 Å². The Morgan fingerprint density at radius 3 is 2.54 bits per heavy atom. The number of piperidine rings is 1. The maximum atomic E-state index is 12.5. The van der Waals surface area contributed by atoms with Crippen molar-refractivity contribution in [1.82, 2.24) is 14.9 Å². The van der Waals surface area contributed by atoms with Crippen molar-refractivity contribution in [2.75, 3.05) is 13.2 Å². The Labute approximate surface area is 149 Å². The van der Waals surface area contributed by atoms with Crippen molar-refractivity contribution >= 4 is 6.09 Å². The SMILES string of the molecule is CC(C)(C)[C@]12C[C@H]1C[C@@H](COc1cnc(C(F)(F)F)cn1)N(C(=O)O)C2. The summed E-state index contributed by atoms with van der Waals surface area (Å²) < 4.78 is 42.9. The fraction of sp³-hybridized carbons (Fsp3) is 0.706. The summed E-state index contributed by atoms with van der Waals surface area (Å²) in [6, 6.07) is -0.348. The van der Waals surface area contributed by atoms with Crippen molar-refractivity contribution in [3.8, 4) is 5.88 Å². The van der Waals surface area contributed by atoms with Crippen LogP contribution in [0.2, 0.25) is 0 Å². The van der Waals surface area contributed by atoms with E-state index in [4.69, 9.17) is 4.74 Å². The third-order valence-corrected chi connectivity index (χ3v) is 5.76. The number of rotatable bonds is 3. The van der Waals surface area contributed by atoms with Crippen LogP contribution in [0.1, 0.15) is 39.3 Å². The Bertz CT molecular complexity index is 687. The minimum atomic E-state index is -4.56. The molecule has 9 heteroatoms. The minimum absolute atomic E-state index is 0.00392. The molecule has 2 fully saturated rings. The summed E-state index contributed by atoms with van der Waals surface area (Å²) in [4.78, 5) is 20.0. The maximum Gasteiger partial charge on any atom is 0.434 e. The molecule has 3 rings (SSSR count). The quantitative estimate of drug-likeness (QED) is 0.875. The van der Waals surface area contributed by atoms with Crippen molar-refractivity contribution in [1.29, 1.82) is 0 Å². The van der Waals surface area contributed by atoms with Crippen LogP contribution in [0.4, 0.5) is 18.0 Å². The van der Waals surface area contributed by atoms with Gasteiger partial charge in [-0.2, -0.15) is 13.2 Å². The van der Waals surface area contributed by atoms with Crippen molar-refractivity contribution in [3.05, 3.63) is 18.1 Å². The van der Waals surface area contributed by atoms with Gasteiger partial charge in [0.2, 0.25) is 5.88 Å². The summed E-state index contributed by atoms with van der Waals surface area (Å²) in [5.41, 5.74) is -1.09. The number of fused-ring (bicyclic) bond motifs is 1. The number of hydrogen-bond donors (Lipinski definition) is 1. The lowest BCUT2D eigenvalue weighted by atomic mass is 9.73. The second kappa shape index (κ2) is 5.99. The first-order valence-electron chi connectivity index (χ1n) is 8.46. The third kappa shape index (κ3) is 3.31. The largest absolute Gasteiger partial charge is 0.474 e. The molecule has 0 radical (unpaired) electrons. The molecule has 2 heterocycles. The van der Waals surface area contributed by atoms with Gasteiger partial charge in [0.15, 0.2) is 5.69 Å². The number of aromatic nitrogens is 2. The highest BCUT2D eigenvalue weighted by atomic mass is 19.4. The number of amides is 1. The molecule has 1 aliphatic heterocycles. The second-order valence-electron chi connectivity index (χ2n) is 8.16. The van der Waals surface area contributed by atoms with E-state index in [0.717, 1.165) is 12.6 Å². The summed E-state index contributed by atoms with van der Waals surface area (Å²) in [5.74, 6) is 0.386. The number of ether oxygens (including phenoxy) is 1. The number of nitrogens with zero attached hydrogens (tertiary/aromatic N) is 3. The summed E-state index contributed by atoms with van der Waals surface area (Å²) >= 11 is 0. The first kappa shape index (κ1) is 18.7. The number of carboxylic acid groups (broad SMARTS) is 1. The molecule has 1 N–H and O–H groups in total. The van der Waals surface area contributed by atoms with Crippen LogP contribution in [-0.4, -0.2) is 45.3 Å². The second-order valence-corrected chi connectivity index (χ2v) is 8.16. The molecule has 1 aromatic rings. The van der Waals surface area contributed by atoms with E-state index in [1.165, 1.54) is 4.90 Å². The zero-order chi connectivity index (χ0) is 19.3. The van der Waals surface area contributed by atoms with E-state index < -0.39 is 18.0 Å². The molecule has 2 aliphatic rings. The summed E-state index contributed by atoms with van der Waals surface area (Å²) in [6.07, 6.45) is -2.39. The standard InChI is InChI=1S/C17H22F3N3O3/c1-15(2,3)16-5-10(16)4-11(23(9-16)14(24)25)8-26-13-7-21-12(6-22-13)17(18,19)20/h6-7,10-11H,4-5,8-9H2,1-3H3,(H,24,25)/t10-,11+,16+/m1/s1. The molecule has 6 nitrogen and oxygen atoms in total.